The van der Waals surface area contributed by atoms with Gasteiger partial charge in [0.05, 0.1) is 15.7 Å². The van der Waals surface area contributed by atoms with Crippen molar-refractivity contribution in [3.63, 3.8) is 0 Å². The van der Waals surface area contributed by atoms with Gasteiger partial charge >= 0.3 is 0 Å². The molecule has 0 amide bonds. The molecule has 2 aromatic carbocycles. The number of rotatable bonds is 4. The Kier molecular flexibility index (Phi) is 4.49. The van der Waals surface area contributed by atoms with E-state index in [1.165, 1.54) is 11.3 Å². The summed E-state index contributed by atoms with van der Waals surface area (Å²) in [5, 5.41) is 0.562. The lowest BCUT2D eigenvalue weighted by Gasteiger charge is -2.11. The van der Waals surface area contributed by atoms with Crippen LogP contribution in [0.5, 0.6) is 0 Å². The maximum absolute atomic E-state index is 15.4. The number of nitrogens with zero attached hydrogens (tertiary/aromatic N) is 3. The van der Waals surface area contributed by atoms with Crippen LogP contribution in [0.4, 0.5) is 10.2 Å². The van der Waals surface area contributed by atoms with Crippen LogP contribution in [0.2, 0.25) is 5.02 Å². The molecule has 0 unspecified atom stereocenters. The number of halogens is 2. The molecule has 0 aliphatic carbocycles. The van der Waals surface area contributed by atoms with Gasteiger partial charge in [-0.15, -0.1) is 11.3 Å². The number of pyridine rings is 1. The van der Waals surface area contributed by atoms with Crippen LogP contribution in [0.25, 0.3) is 21.3 Å². The highest BCUT2D eigenvalue weighted by Crippen LogP contribution is 2.36. The molecule has 128 valence electrons. The third kappa shape index (κ3) is 3.11. The van der Waals surface area contributed by atoms with Crippen LogP contribution in [0.15, 0.2) is 59.2 Å². The minimum Gasteiger partial charge on any atom is -0.245 e. The number of aliphatic imine (C=N–C) groups is 1. The van der Waals surface area contributed by atoms with Gasteiger partial charge in [-0.25, -0.2) is 19.4 Å². The highest BCUT2D eigenvalue weighted by atomic mass is 35.5. The van der Waals surface area contributed by atoms with Gasteiger partial charge in [-0.2, -0.15) is 0 Å². The maximum Gasteiger partial charge on any atom is 0.151 e. The fourth-order valence-electron chi connectivity index (χ4n) is 2.90. The third-order valence-corrected chi connectivity index (χ3v) is 5.13. The van der Waals surface area contributed by atoms with Gasteiger partial charge in [-0.3, -0.25) is 0 Å². The monoisotopic (exact) mass is 381 g/mol. The summed E-state index contributed by atoms with van der Waals surface area (Å²) in [6.45, 7) is 3.45. The van der Waals surface area contributed by atoms with Gasteiger partial charge in [-0.1, -0.05) is 29.8 Å². The maximum atomic E-state index is 15.4. The Hall–Kier alpha value is -2.63. The number of hydrogen-bond acceptors (Lipinski definition) is 4. The summed E-state index contributed by atoms with van der Waals surface area (Å²) in [6.07, 6.45) is 2.12. The van der Waals surface area contributed by atoms with Crippen LogP contribution >= 0.6 is 22.9 Å². The Balaban J connectivity index is 1.85. The van der Waals surface area contributed by atoms with Gasteiger partial charge in [-0.05, 0) is 47.7 Å². The lowest BCUT2D eigenvalue weighted by molar-refractivity contribution is 0.619. The predicted molar refractivity (Wildman–Crippen MR) is 106 cm³/mol. The molecular formula is C20H13ClFN3S. The van der Waals surface area contributed by atoms with Crippen molar-refractivity contribution in [2.45, 2.75) is 6.42 Å². The molecule has 6 heteroatoms. The van der Waals surface area contributed by atoms with E-state index in [0.717, 1.165) is 15.8 Å². The second-order valence-corrected chi connectivity index (χ2v) is 7.12. The SMILES string of the molecule is C=Nc1ccc(Cc2cc3scnc3c(-c3cccc(Cl)c3)c2F)cn1. The van der Waals surface area contributed by atoms with Crippen molar-refractivity contribution < 1.29 is 4.39 Å². The fourth-order valence-corrected chi connectivity index (χ4v) is 3.84. The number of thiazole rings is 1. The standard InChI is InChI=1S/C20H13ClFN3S/c1-23-17-6-5-12(10-24-17)7-14-9-16-20(25-11-26-16)18(19(14)22)13-3-2-4-15(21)8-13/h2-6,8-11H,1,7H2. The van der Waals surface area contributed by atoms with E-state index in [2.05, 4.69) is 21.7 Å². The molecule has 0 saturated heterocycles. The number of fused-ring (bicyclic) bond motifs is 1. The van der Waals surface area contributed by atoms with Gasteiger partial charge in [0.1, 0.15) is 5.82 Å². The Morgan fingerprint density at radius 3 is 2.77 bits per heavy atom. The Morgan fingerprint density at radius 1 is 1.15 bits per heavy atom. The molecule has 4 rings (SSSR count). The molecular weight excluding hydrogens is 369 g/mol. The van der Waals surface area contributed by atoms with Crippen molar-refractivity contribution in [1.29, 1.82) is 0 Å². The molecule has 0 atom stereocenters. The summed E-state index contributed by atoms with van der Waals surface area (Å²) in [7, 11) is 0. The van der Waals surface area contributed by atoms with Crippen LogP contribution in [0.3, 0.4) is 0 Å². The molecule has 2 aromatic heterocycles. The average molecular weight is 382 g/mol. The summed E-state index contributed by atoms with van der Waals surface area (Å²) in [4.78, 5) is 12.3. The van der Waals surface area contributed by atoms with E-state index >= 15 is 4.39 Å². The molecule has 26 heavy (non-hydrogen) atoms. The molecule has 0 spiro atoms. The minimum atomic E-state index is -0.281. The Morgan fingerprint density at radius 2 is 2.04 bits per heavy atom. The predicted octanol–water partition coefficient (Wildman–Crippen LogP) is 6.07. The second kappa shape index (κ2) is 6.94. The van der Waals surface area contributed by atoms with Crippen molar-refractivity contribution in [2.24, 2.45) is 4.99 Å². The molecule has 0 saturated carbocycles. The zero-order chi connectivity index (χ0) is 18.1. The van der Waals surface area contributed by atoms with Gasteiger partial charge < -0.3 is 0 Å². The molecule has 3 nitrogen and oxygen atoms in total. The van der Waals surface area contributed by atoms with E-state index in [1.54, 1.807) is 29.9 Å². The minimum absolute atomic E-state index is 0.281. The summed E-state index contributed by atoms with van der Waals surface area (Å²) in [5.74, 6) is 0.267. The van der Waals surface area contributed by atoms with Crippen LogP contribution in [0, 0.1) is 5.82 Å². The molecule has 0 aliphatic rings. The van der Waals surface area contributed by atoms with E-state index in [1.807, 2.05) is 24.3 Å². The third-order valence-electron chi connectivity index (χ3n) is 4.12. The first kappa shape index (κ1) is 16.8. The summed E-state index contributed by atoms with van der Waals surface area (Å²) >= 11 is 7.60. The Labute approximate surface area is 158 Å². The smallest absolute Gasteiger partial charge is 0.151 e. The van der Waals surface area contributed by atoms with E-state index in [9.17, 15) is 0 Å². The zero-order valence-electron chi connectivity index (χ0n) is 13.6. The van der Waals surface area contributed by atoms with Crippen LogP contribution in [-0.4, -0.2) is 16.7 Å². The summed E-state index contributed by atoms with van der Waals surface area (Å²) in [5.41, 5.74) is 5.09. The fraction of sp³-hybridized carbons (Fsp3) is 0.0500. The normalized spacial score (nSPS) is 11.0. The van der Waals surface area contributed by atoms with Crippen molar-refractivity contribution in [2.75, 3.05) is 0 Å². The van der Waals surface area contributed by atoms with Crippen LogP contribution in [-0.2, 0) is 6.42 Å². The quantitative estimate of drug-likeness (QED) is 0.402. The van der Waals surface area contributed by atoms with Gasteiger partial charge in [0.25, 0.3) is 0 Å². The first-order valence-electron chi connectivity index (χ1n) is 7.88. The first-order valence-corrected chi connectivity index (χ1v) is 9.13. The Bertz CT molecular complexity index is 1110. The topological polar surface area (TPSA) is 38.1 Å². The molecule has 0 bridgehead atoms. The largest absolute Gasteiger partial charge is 0.245 e. The van der Waals surface area contributed by atoms with Gasteiger partial charge in [0, 0.05) is 23.2 Å². The lowest BCUT2D eigenvalue weighted by Crippen LogP contribution is -1.97. The van der Waals surface area contributed by atoms with Crippen molar-refractivity contribution in [1.82, 2.24) is 9.97 Å². The van der Waals surface area contributed by atoms with E-state index in [-0.39, 0.29) is 5.82 Å². The van der Waals surface area contributed by atoms with E-state index < -0.39 is 0 Å². The summed E-state index contributed by atoms with van der Waals surface area (Å²) < 4.78 is 16.3. The highest BCUT2D eigenvalue weighted by Gasteiger charge is 2.18. The van der Waals surface area contributed by atoms with Crippen molar-refractivity contribution in [3.8, 4) is 11.1 Å². The number of benzene rings is 2. The second-order valence-electron chi connectivity index (χ2n) is 5.79. The van der Waals surface area contributed by atoms with E-state index in [4.69, 9.17) is 11.6 Å². The van der Waals surface area contributed by atoms with Crippen LogP contribution < -0.4 is 0 Å². The molecule has 2 heterocycles. The van der Waals surface area contributed by atoms with Crippen LogP contribution in [0.1, 0.15) is 11.1 Å². The summed E-state index contributed by atoms with van der Waals surface area (Å²) in [6, 6.07) is 12.7. The van der Waals surface area contributed by atoms with E-state index in [0.29, 0.717) is 33.9 Å². The lowest BCUT2D eigenvalue weighted by atomic mass is 9.97. The molecule has 0 radical (unpaired) electrons. The molecule has 0 N–H and O–H groups in total. The molecule has 0 fully saturated rings. The van der Waals surface area contributed by atoms with Gasteiger partial charge in [0.15, 0.2) is 5.82 Å². The molecule has 0 aliphatic heterocycles. The highest BCUT2D eigenvalue weighted by molar-refractivity contribution is 7.16. The molecule has 4 aromatic rings. The van der Waals surface area contributed by atoms with Gasteiger partial charge in [0.2, 0.25) is 0 Å². The average Bonchev–Trinajstić information content (AvgIpc) is 3.11. The first-order chi connectivity index (χ1) is 12.7. The van der Waals surface area contributed by atoms with Crippen molar-refractivity contribution >= 4 is 45.7 Å². The number of aromatic nitrogens is 2. The number of hydrogen-bond donors (Lipinski definition) is 0. The van der Waals surface area contributed by atoms with Crippen molar-refractivity contribution in [3.05, 3.63) is 76.1 Å². The zero-order valence-corrected chi connectivity index (χ0v) is 15.2.